The zero-order valence-corrected chi connectivity index (χ0v) is 15.8. The average Bonchev–Trinajstić information content (AvgIpc) is 2.75. The second kappa shape index (κ2) is 10.3. The van der Waals surface area contributed by atoms with Crippen molar-refractivity contribution in [2.75, 3.05) is 19.6 Å². The van der Waals surface area contributed by atoms with E-state index in [0.717, 1.165) is 25.6 Å². The van der Waals surface area contributed by atoms with Crippen molar-refractivity contribution in [1.82, 2.24) is 4.90 Å². The number of aliphatic imine (C=N–C) groups is 1. The van der Waals surface area contributed by atoms with Gasteiger partial charge in [0.2, 0.25) is 0 Å². The fourth-order valence-corrected chi connectivity index (χ4v) is 3.32. The van der Waals surface area contributed by atoms with E-state index >= 15 is 0 Å². The minimum atomic E-state index is 0. The van der Waals surface area contributed by atoms with E-state index in [2.05, 4.69) is 41.1 Å². The van der Waals surface area contributed by atoms with Crippen LogP contribution in [0.25, 0.3) is 0 Å². The lowest BCUT2D eigenvalue weighted by molar-refractivity contribution is 0.428. The molecule has 0 aromatic heterocycles. The lowest BCUT2D eigenvalue weighted by Gasteiger charge is -2.21. The molecule has 0 aliphatic carbocycles. The van der Waals surface area contributed by atoms with Crippen molar-refractivity contribution in [3.05, 3.63) is 30.3 Å². The van der Waals surface area contributed by atoms with E-state index in [1.54, 1.807) is 0 Å². The molecule has 0 saturated carbocycles. The van der Waals surface area contributed by atoms with Crippen LogP contribution in [0.4, 0.5) is 0 Å². The quantitative estimate of drug-likeness (QED) is 0.348. The highest BCUT2D eigenvalue weighted by Gasteiger charge is 2.11. The van der Waals surface area contributed by atoms with Gasteiger partial charge in [-0.2, -0.15) is 0 Å². The first-order valence-corrected chi connectivity index (χ1v) is 8.40. The summed E-state index contributed by atoms with van der Waals surface area (Å²) in [6.45, 7) is 5.11. The average molecular weight is 419 g/mol. The number of rotatable bonds is 4. The molecule has 1 aliphatic rings. The molecule has 21 heavy (non-hydrogen) atoms. The van der Waals surface area contributed by atoms with E-state index in [4.69, 9.17) is 5.73 Å². The number of nitrogens with zero attached hydrogens (tertiary/aromatic N) is 2. The van der Waals surface area contributed by atoms with Gasteiger partial charge in [0, 0.05) is 23.2 Å². The summed E-state index contributed by atoms with van der Waals surface area (Å²) < 4.78 is 0. The number of hydrogen-bond donors (Lipinski definition) is 1. The van der Waals surface area contributed by atoms with Gasteiger partial charge in [-0.3, -0.25) is 4.99 Å². The Hall–Kier alpha value is -0.430. The summed E-state index contributed by atoms with van der Waals surface area (Å²) in [4.78, 5) is 8.12. The van der Waals surface area contributed by atoms with Crippen LogP contribution in [0.5, 0.6) is 0 Å². The van der Waals surface area contributed by atoms with Crippen LogP contribution in [0.1, 0.15) is 32.6 Å². The molecule has 1 heterocycles. The van der Waals surface area contributed by atoms with Crippen molar-refractivity contribution >= 4 is 41.7 Å². The van der Waals surface area contributed by atoms with Crippen molar-refractivity contribution in [2.24, 2.45) is 10.7 Å². The van der Waals surface area contributed by atoms with Crippen LogP contribution < -0.4 is 5.73 Å². The summed E-state index contributed by atoms with van der Waals surface area (Å²) >= 11 is 1.86. The molecule has 1 fully saturated rings. The minimum absolute atomic E-state index is 0. The van der Waals surface area contributed by atoms with Crippen LogP contribution in [0.15, 0.2) is 40.2 Å². The Morgan fingerprint density at radius 3 is 2.43 bits per heavy atom. The first kappa shape index (κ1) is 18.6. The molecule has 2 N–H and O–H groups in total. The Kier molecular flexibility index (Phi) is 9.15. The largest absolute Gasteiger partial charge is 0.370 e. The summed E-state index contributed by atoms with van der Waals surface area (Å²) in [7, 11) is 0. The highest BCUT2D eigenvalue weighted by atomic mass is 127. The number of hydrogen-bond acceptors (Lipinski definition) is 2. The number of thioether (sulfide) groups is 1. The van der Waals surface area contributed by atoms with E-state index in [0.29, 0.717) is 5.25 Å². The summed E-state index contributed by atoms with van der Waals surface area (Å²) in [6, 6.07) is 10.5. The molecule has 118 valence electrons. The first-order chi connectivity index (χ1) is 9.75. The number of benzene rings is 1. The smallest absolute Gasteiger partial charge is 0.191 e. The van der Waals surface area contributed by atoms with Gasteiger partial charge < -0.3 is 10.6 Å². The summed E-state index contributed by atoms with van der Waals surface area (Å²) in [5, 5.41) is 0.447. The Balaban J connectivity index is 0.00000220. The summed E-state index contributed by atoms with van der Waals surface area (Å²) in [5.74, 6) is 0.729. The van der Waals surface area contributed by atoms with Gasteiger partial charge in [0.25, 0.3) is 0 Å². The van der Waals surface area contributed by atoms with Crippen LogP contribution in [0.2, 0.25) is 0 Å². The zero-order valence-electron chi connectivity index (χ0n) is 12.7. The van der Waals surface area contributed by atoms with Crippen LogP contribution in [0, 0.1) is 0 Å². The molecule has 2 rings (SSSR count). The van der Waals surface area contributed by atoms with Gasteiger partial charge >= 0.3 is 0 Å². The molecular weight excluding hydrogens is 393 g/mol. The first-order valence-electron chi connectivity index (χ1n) is 7.52. The second-order valence-electron chi connectivity index (χ2n) is 5.34. The molecule has 1 saturated heterocycles. The molecule has 1 atom stereocenters. The van der Waals surface area contributed by atoms with E-state index in [-0.39, 0.29) is 24.0 Å². The molecule has 1 aromatic rings. The Bertz CT molecular complexity index is 417. The Morgan fingerprint density at radius 2 is 1.81 bits per heavy atom. The van der Waals surface area contributed by atoms with Gasteiger partial charge in [0.15, 0.2) is 5.96 Å². The van der Waals surface area contributed by atoms with Crippen molar-refractivity contribution in [1.29, 1.82) is 0 Å². The minimum Gasteiger partial charge on any atom is -0.370 e. The fourth-order valence-electron chi connectivity index (χ4n) is 2.39. The van der Waals surface area contributed by atoms with Gasteiger partial charge in [0.05, 0.1) is 6.54 Å². The zero-order chi connectivity index (χ0) is 14.2. The van der Waals surface area contributed by atoms with Crippen molar-refractivity contribution in [2.45, 2.75) is 42.8 Å². The maximum absolute atomic E-state index is 6.13. The molecule has 3 nitrogen and oxygen atoms in total. The predicted molar refractivity (Wildman–Crippen MR) is 104 cm³/mol. The van der Waals surface area contributed by atoms with Crippen LogP contribution in [-0.2, 0) is 0 Å². The molecular formula is C16H26IN3S. The monoisotopic (exact) mass is 419 g/mol. The van der Waals surface area contributed by atoms with Crippen LogP contribution in [-0.4, -0.2) is 35.7 Å². The number of halogens is 1. The third-order valence-electron chi connectivity index (χ3n) is 3.52. The number of guanidine groups is 1. The van der Waals surface area contributed by atoms with Crippen molar-refractivity contribution in [3.63, 3.8) is 0 Å². The second-order valence-corrected chi connectivity index (χ2v) is 6.85. The molecule has 1 unspecified atom stereocenters. The van der Waals surface area contributed by atoms with E-state index < -0.39 is 0 Å². The third-order valence-corrected chi connectivity index (χ3v) is 4.62. The van der Waals surface area contributed by atoms with Crippen LogP contribution >= 0.6 is 35.7 Å². The van der Waals surface area contributed by atoms with Gasteiger partial charge in [-0.15, -0.1) is 35.7 Å². The van der Waals surface area contributed by atoms with Gasteiger partial charge in [-0.1, -0.05) is 38.0 Å². The fraction of sp³-hybridized carbons (Fsp3) is 0.562. The molecule has 0 radical (unpaired) electrons. The lowest BCUT2D eigenvalue weighted by Crippen LogP contribution is -2.38. The van der Waals surface area contributed by atoms with Gasteiger partial charge in [-0.25, -0.2) is 0 Å². The number of likely N-dealkylation sites (tertiary alicyclic amines) is 1. The highest BCUT2D eigenvalue weighted by Crippen LogP contribution is 2.22. The van der Waals surface area contributed by atoms with E-state index in [1.807, 2.05) is 17.8 Å². The summed E-state index contributed by atoms with van der Waals surface area (Å²) in [6.07, 6.45) is 5.13. The van der Waals surface area contributed by atoms with Gasteiger partial charge in [0.1, 0.15) is 0 Å². The Labute approximate surface area is 149 Å². The standard InChI is InChI=1S/C16H25N3S.HI/c1-14(20-15-9-5-4-6-10-15)13-18-16(17)19-11-7-2-3-8-12-19;/h4-6,9-10,14H,2-3,7-8,11-13H2,1H3,(H2,17,18);1H. The molecule has 0 spiro atoms. The highest BCUT2D eigenvalue weighted by molar-refractivity contribution is 14.0. The lowest BCUT2D eigenvalue weighted by atomic mass is 10.2. The number of nitrogens with two attached hydrogens (primary N) is 1. The normalized spacial score (nSPS) is 17.8. The maximum atomic E-state index is 6.13. The molecule has 0 bridgehead atoms. The molecule has 5 heteroatoms. The van der Waals surface area contributed by atoms with Crippen molar-refractivity contribution < 1.29 is 0 Å². The molecule has 1 aromatic carbocycles. The Morgan fingerprint density at radius 1 is 1.19 bits per heavy atom. The third kappa shape index (κ3) is 6.91. The van der Waals surface area contributed by atoms with Crippen LogP contribution in [0.3, 0.4) is 0 Å². The van der Waals surface area contributed by atoms with E-state index in [1.165, 1.54) is 30.6 Å². The maximum Gasteiger partial charge on any atom is 0.191 e. The van der Waals surface area contributed by atoms with E-state index in [9.17, 15) is 0 Å². The SMILES string of the molecule is CC(CN=C(N)N1CCCCCC1)Sc1ccccc1.I. The molecule has 0 amide bonds. The van der Waals surface area contributed by atoms with Crippen molar-refractivity contribution in [3.8, 4) is 0 Å². The molecule has 1 aliphatic heterocycles. The summed E-state index contributed by atoms with van der Waals surface area (Å²) in [5.41, 5.74) is 6.13. The predicted octanol–water partition coefficient (Wildman–Crippen LogP) is 3.98. The van der Waals surface area contributed by atoms with Gasteiger partial charge in [-0.05, 0) is 25.0 Å². The topological polar surface area (TPSA) is 41.6 Å².